The van der Waals surface area contributed by atoms with Crippen molar-refractivity contribution in [1.29, 1.82) is 0 Å². The summed E-state index contributed by atoms with van der Waals surface area (Å²) >= 11 is 0. The first kappa shape index (κ1) is 15.5. The summed E-state index contributed by atoms with van der Waals surface area (Å²) < 4.78 is 13.8. The van der Waals surface area contributed by atoms with Crippen molar-refractivity contribution in [3.05, 3.63) is 35.3 Å². The lowest BCUT2D eigenvalue weighted by Crippen LogP contribution is -2.39. The maximum Gasteiger partial charge on any atom is 0.303 e. The number of piperidine rings is 1. The van der Waals surface area contributed by atoms with Crippen molar-refractivity contribution in [3.63, 3.8) is 0 Å². The average Bonchev–Trinajstić information content (AvgIpc) is 2.97. The Balaban J connectivity index is 1.75. The largest absolute Gasteiger partial charge is 0.481 e. The van der Waals surface area contributed by atoms with E-state index in [1.165, 1.54) is 6.07 Å². The number of carboxylic acid groups (broad SMARTS) is 1. The summed E-state index contributed by atoms with van der Waals surface area (Å²) in [5, 5.41) is 9.55. The standard InChI is InChI=1S/C17H19FN2O3/c1-10-2-3-13(18)16-12(10)9-14(19-16)17(23)20-6-4-11(5-7-20)8-15(21)22/h2-3,9,11,19H,4-8H2,1H3,(H,21,22). The lowest BCUT2D eigenvalue weighted by atomic mass is 9.93. The fourth-order valence-electron chi connectivity index (χ4n) is 3.20. The van der Waals surface area contributed by atoms with Gasteiger partial charge in [-0.25, -0.2) is 4.39 Å². The highest BCUT2D eigenvalue weighted by Gasteiger charge is 2.26. The molecule has 1 aromatic carbocycles. The van der Waals surface area contributed by atoms with Crippen LogP contribution in [-0.4, -0.2) is 40.0 Å². The maximum atomic E-state index is 13.8. The lowest BCUT2D eigenvalue weighted by molar-refractivity contribution is -0.138. The monoisotopic (exact) mass is 318 g/mol. The number of nitrogens with one attached hydrogen (secondary N) is 1. The predicted molar refractivity (Wildman–Crippen MR) is 83.9 cm³/mol. The number of halogens is 1. The van der Waals surface area contributed by atoms with Crippen molar-refractivity contribution in [3.8, 4) is 0 Å². The Morgan fingerprint density at radius 2 is 2.04 bits per heavy atom. The zero-order chi connectivity index (χ0) is 16.6. The maximum absolute atomic E-state index is 13.8. The third kappa shape index (κ3) is 3.06. The van der Waals surface area contributed by atoms with E-state index in [-0.39, 0.29) is 24.1 Å². The van der Waals surface area contributed by atoms with Crippen molar-refractivity contribution in [2.75, 3.05) is 13.1 Å². The molecule has 6 heteroatoms. The fourth-order valence-corrected chi connectivity index (χ4v) is 3.20. The van der Waals surface area contributed by atoms with E-state index in [2.05, 4.69) is 4.98 Å². The number of aromatic nitrogens is 1. The Hall–Kier alpha value is -2.37. The number of aryl methyl sites for hydroxylation is 1. The van der Waals surface area contributed by atoms with E-state index in [1.807, 2.05) is 6.92 Å². The van der Waals surface area contributed by atoms with Gasteiger partial charge in [0.25, 0.3) is 5.91 Å². The van der Waals surface area contributed by atoms with Crippen molar-refractivity contribution in [2.45, 2.75) is 26.2 Å². The number of carbonyl (C=O) groups is 2. The second-order valence-corrected chi connectivity index (χ2v) is 6.17. The minimum Gasteiger partial charge on any atom is -0.481 e. The number of benzene rings is 1. The first-order chi connectivity index (χ1) is 11.0. The van der Waals surface area contributed by atoms with Crippen molar-refractivity contribution < 1.29 is 19.1 Å². The van der Waals surface area contributed by atoms with Crippen LogP contribution in [0.4, 0.5) is 4.39 Å². The van der Waals surface area contributed by atoms with E-state index in [4.69, 9.17) is 5.11 Å². The summed E-state index contributed by atoms with van der Waals surface area (Å²) in [6.45, 7) is 2.95. The molecule has 1 aliphatic rings. The molecular weight excluding hydrogens is 299 g/mol. The summed E-state index contributed by atoms with van der Waals surface area (Å²) in [6.07, 6.45) is 1.52. The van der Waals surface area contributed by atoms with Gasteiger partial charge >= 0.3 is 5.97 Å². The molecule has 2 heterocycles. The van der Waals surface area contributed by atoms with Gasteiger partial charge in [-0.2, -0.15) is 0 Å². The van der Waals surface area contributed by atoms with Crippen LogP contribution in [-0.2, 0) is 4.79 Å². The molecule has 23 heavy (non-hydrogen) atoms. The van der Waals surface area contributed by atoms with Crippen LogP contribution in [0.2, 0.25) is 0 Å². The molecule has 5 nitrogen and oxygen atoms in total. The van der Waals surface area contributed by atoms with Gasteiger partial charge in [-0.1, -0.05) is 6.07 Å². The number of aromatic amines is 1. The first-order valence-corrected chi connectivity index (χ1v) is 7.74. The molecule has 2 aromatic rings. The van der Waals surface area contributed by atoms with Crippen LogP contribution in [0.3, 0.4) is 0 Å². The quantitative estimate of drug-likeness (QED) is 0.914. The smallest absolute Gasteiger partial charge is 0.303 e. The van der Waals surface area contributed by atoms with Crippen LogP contribution in [0.5, 0.6) is 0 Å². The van der Waals surface area contributed by atoms with Gasteiger partial charge in [0.15, 0.2) is 0 Å². The van der Waals surface area contributed by atoms with E-state index in [9.17, 15) is 14.0 Å². The van der Waals surface area contributed by atoms with Gasteiger partial charge in [-0.3, -0.25) is 9.59 Å². The average molecular weight is 318 g/mol. The molecule has 0 radical (unpaired) electrons. The van der Waals surface area contributed by atoms with Crippen LogP contribution in [0.1, 0.15) is 35.3 Å². The van der Waals surface area contributed by atoms with Gasteiger partial charge in [0.2, 0.25) is 0 Å². The van der Waals surface area contributed by atoms with Gasteiger partial charge in [-0.15, -0.1) is 0 Å². The number of aliphatic carboxylic acids is 1. The number of amides is 1. The third-order valence-corrected chi connectivity index (χ3v) is 4.56. The summed E-state index contributed by atoms with van der Waals surface area (Å²) in [4.78, 5) is 27.9. The number of H-pyrrole nitrogens is 1. The highest BCUT2D eigenvalue weighted by Crippen LogP contribution is 2.25. The summed E-state index contributed by atoms with van der Waals surface area (Å²) in [5.74, 6) is -1.20. The molecule has 0 atom stereocenters. The van der Waals surface area contributed by atoms with E-state index < -0.39 is 5.97 Å². The number of fused-ring (bicyclic) bond motifs is 1. The molecule has 0 aliphatic carbocycles. The molecule has 2 N–H and O–H groups in total. The SMILES string of the molecule is Cc1ccc(F)c2[nH]c(C(=O)N3CCC(CC(=O)O)CC3)cc12. The van der Waals surface area contributed by atoms with Crippen LogP contribution in [0, 0.1) is 18.7 Å². The molecule has 0 spiro atoms. The number of hydrogen-bond acceptors (Lipinski definition) is 2. The summed E-state index contributed by atoms with van der Waals surface area (Å²) in [7, 11) is 0. The molecule has 1 fully saturated rings. The van der Waals surface area contributed by atoms with E-state index in [1.54, 1.807) is 17.0 Å². The zero-order valence-electron chi connectivity index (χ0n) is 12.9. The number of carboxylic acids is 1. The second kappa shape index (κ2) is 6.02. The van der Waals surface area contributed by atoms with Crippen LogP contribution in [0.25, 0.3) is 10.9 Å². The first-order valence-electron chi connectivity index (χ1n) is 7.74. The molecule has 1 amide bonds. The van der Waals surface area contributed by atoms with Gasteiger partial charge in [0.1, 0.15) is 11.5 Å². The zero-order valence-corrected chi connectivity index (χ0v) is 12.9. The van der Waals surface area contributed by atoms with Gasteiger partial charge < -0.3 is 15.0 Å². The second-order valence-electron chi connectivity index (χ2n) is 6.17. The lowest BCUT2D eigenvalue weighted by Gasteiger charge is -2.31. The van der Waals surface area contributed by atoms with Gasteiger partial charge in [0.05, 0.1) is 5.52 Å². The Morgan fingerprint density at radius 1 is 1.35 bits per heavy atom. The molecule has 1 saturated heterocycles. The van der Waals surface area contributed by atoms with E-state index >= 15 is 0 Å². The summed E-state index contributed by atoms with van der Waals surface area (Å²) in [5.41, 5.74) is 1.65. The van der Waals surface area contributed by atoms with Crippen molar-refractivity contribution in [2.24, 2.45) is 5.92 Å². The molecule has 0 bridgehead atoms. The summed E-state index contributed by atoms with van der Waals surface area (Å²) in [6, 6.07) is 4.77. The Kier molecular flexibility index (Phi) is 4.07. The molecule has 0 unspecified atom stereocenters. The Morgan fingerprint density at radius 3 is 2.65 bits per heavy atom. The fraction of sp³-hybridized carbons (Fsp3) is 0.412. The molecule has 0 saturated carbocycles. The predicted octanol–water partition coefficient (Wildman–Crippen LogP) is 2.94. The van der Waals surface area contributed by atoms with Crippen molar-refractivity contribution in [1.82, 2.24) is 9.88 Å². The molecule has 3 rings (SSSR count). The normalized spacial score (nSPS) is 16.0. The minimum atomic E-state index is -0.795. The van der Waals surface area contributed by atoms with Crippen molar-refractivity contribution >= 4 is 22.8 Å². The Labute approximate surface area is 133 Å². The number of hydrogen-bond donors (Lipinski definition) is 2. The molecule has 122 valence electrons. The minimum absolute atomic E-state index is 0.124. The number of rotatable bonds is 3. The van der Waals surface area contributed by atoms with Crippen LogP contribution < -0.4 is 0 Å². The highest BCUT2D eigenvalue weighted by molar-refractivity contribution is 5.99. The third-order valence-electron chi connectivity index (χ3n) is 4.56. The number of likely N-dealkylation sites (tertiary alicyclic amines) is 1. The molecule has 1 aromatic heterocycles. The Bertz CT molecular complexity index is 722. The van der Waals surface area contributed by atoms with Crippen LogP contribution in [0.15, 0.2) is 18.2 Å². The van der Waals surface area contributed by atoms with Gasteiger partial charge in [-0.05, 0) is 43.4 Å². The molecule has 1 aliphatic heterocycles. The van der Waals surface area contributed by atoms with E-state index in [0.29, 0.717) is 42.5 Å². The number of nitrogens with zero attached hydrogens (tertiary/aromatic N) is 1. The van der Waals surface area contributed by atoms with E-state index in [0.717, 1.165) is 5.56 Å². The topological polar surface area (TPSA) is 73.4 Å². The van der Waals surface area contributed by atoms with Crippen LogP contribution >= 0.6 is 0 Å². The highest BCUT2D eigenvalue weighted by atomic mass is 19.1. The van der Waals surface area contributed by atoms with Gasteiger partial charge in [0, 0.05) is 24.9 Å². The number of carbonyl (C=O) groups excluding carboxylic acids is 1. The molecular formula is C17H19FN2O3.